The quantitative estimate of drug-likeness (QED) is 0.606. The zero-order valence-corrected chi connectivity index (χ0v) is 22.2. The molecule has 3 rings (SSSR count). The summed E-state index contributed by atoms with van der Waals surface area (Å²) < 4.78 is 34.1. The number of carbonyl (C=O) groups excluding carboxylic acids is 1. The van der Waals surface area contributed by atoms with Gasteiger partial charge in [-0.2, -0.15) is 4.31 Å². The molecule has 0 spiro atoms. The Kier molecular flexibility index (Phi) is 7.72. The minimum absolute atomic E-state index is 0.0705. The summed E-state index contributed by atoms with van der Waals surface area (Å²) >= 11 is 0. The van der Waals surface area contributed by atoms with Crippen LogP contribution in [0.1, 0.15) is 73.7 Å². The van der Waals surface area contributed by atoms with Crippen molar-refractivity contribution in [3.63, 3.8) is 0 Å². The van der Waals surface area contributed by atoms with Crippen LogP contribution in [0.25, 0.3) is 12.2 Å². The molecule has 34 heavy (non-hydrogen) atoms. The van der Waals surface area contributed by atoms with E-state index in [1.165, 1.54) is 9.87 Å². The van der Waals surface area contributed by atoms with Gasteiger partial charge in [0.1, 0.15) is 5.69 Å². The Morgan fingerprint density at radius 3 is 2.47 bits per heavy atom. The van der Waals surface area contributed by atoms with Crippen molar-refractivity contribution in [3.8, 4) is 0 Å². The molecule has 2 heterocycles. The lowest BCUT2D eigenvalue weighted by molar-refractivity contribution is -0.127. The van der Waals surface area contributed by atoms with Crippen LogP contribution in [0.15, 0.2) is 21.6 Å². The standard InChI is InChI=1S/C26H37N3O4S/c1-8-26(6,7)27-25(30)21-10-9-13-29(16-21)34(31,32)24-20(5)28-33-23(24)12-11-22-18(3)14-17(2)15-19(22)4/h11-12,14-15,21H,8-10,13,16H2,1-7H3,(H,27,30). The highest BCUT2D eigenvalue weighted by Gasteiger charge is 2.37. The second-order valence-corrected chi connectivity index (χ2v) is 11.9. The Morgan fingerprint density at radius 1 is 1.21 bits per heavy atom. The lowest BCUT2D eigenvalue weighted by Gasteiger charge is -2.33. The van der Waals surface area contributed by atoms with Crippen LogP contribution in [-0.2, 0) is 14.8 Å². The third kappa shape index (κ3) is 5.61. The fourth-order valence-electron chi connectivity index (χ4n) is 4.44. The highest BCUT2D eigenvalue weighted by Crippen LogP contribution is 2.30. The number of hydrogen-bond acceptors (Lipinski definition) is 5. The summed E-state index contributed by atoms with van der Waals surface area (Å²) in [4.78, 5) is 12.9. The topological polar surface area (TPSA) is 92.5 Å². The lowest BCUT2D eigenvalue weighted by Crippen LogP contribution is -2.50. The maximum absolute atomic E-state index is 13.6. The minimum atomic E-state index is -3.88. The van der Waals surface area contributed by atoms with Crippen molar-refractivity contribution in [1.82, 2.24) is 14.8 Å². The van der Waals surface area contributed by atoms with Crippen molar-refractivity contribution in [2.24, 2.45) is 5.92 Å². The van der Waals surface area contributed by atoms with Crippen LogP contribution in [0, 0.1) is 33.6 Å². The van der Waals surface area contributed by atoms with E-state index in [0.29, 0.717) is 25.1 Å². The molecule has 8 heteroatoms. The van der Waals surface area contributed by atoms with Crippen molar-refractivity contribution in [1.29, 1.82) is 0 Å². The van der Waals surface area contributed by atoms with E-state index >= 15 is 0 Å². The fraction of sp³-hybridized carbons (Fsp3) is 0.538. The van der Waals surface area contributed by atoms with Crippen molar-refractivity contribution < 1.29 is 17.7 Å². The van der Waals surface area contributed by atoms with Gasteiger partial charge in [0.15, 0.2) is 10.7 Å². The van der Waals surface area contributed by atoms with E-state index in [1.807, 2.05) is 47.6 Å². The predicted molar refractivity (Wildman–Crippen MR) is 135 cm³/mol. The largest absolute Gasteiger partial charge is 0.355 e. The molecule has 1 aliphatic rings. The summed E-state index contributed by atoms with van der Waals surface area (Å²) in [7, 11) is -3.88. The molecule has 0 saturated carbocycles. The number of benzene rings is 1. The first-order valence-electron chi connectivity index (χ1n) is 11.9. The first-order chi connectivity index (χ1) is 15.9. The second-order valence-electron chi connectivity index (χ2n) is 10.0. The molecule has 0 bridgehead atoms. The van der Waals surface area contributed by atoms with Gasteiger partial charge in [0.25, 0.3) is 0 Å². The molecule has 1 aromatic heterocycles. The van der Waals surface area contributed by atoms with E-state index in [1.54, 1.807) is 13.0 Å². The SMILES string of the molecule is CCC(C)(C)NC(=O)C1CCCN(S(=O)(=O)c2c(C)noc2C=Cc2c(C)cc(C)cc2C)C1. The monoisotopic (exact) mass is 487 g/mol. The van der Waals surface area contributed by atoms with Gasteiger partial charge < -0.3 is 9.84 Å². The third-order valence-electron chi connectivity index (χ3n) is 6.67. The summed E-state index contributed by atoms with van der Waals surface area (Å²) in [5, 5.41) is 7.01. The lowest BCUT2D eigenvalue weighted by atomic mass is 9.95. The molecule has 1 saturated heterocycles. The number of piperidine rings is 1. The molecule has 1 aliphatic heterocycles. The number of rotatable bonds is 7. The van der Waals surface area contributed by atoms with E-state index < -0.39 is 10.0 Å². The Hall–Kier alpha value is -2.45. The minimum Gasteiger partial charge on any atom is -0.355 e. The molecule has 0 aliphatic carbocycles. The first-order valence-corrected chi connectivity index (χ1v) is 13.3. The van der Waals surface area contributed by atoms with E-state index in [4.69, 9.17) is 4.52 Å². The van der Waals surface area contributed by atoms with E-state index in [0.717, 1.165) is 23.1 Å². The normalized spacial score (nSPS) is 17.9. The number of carbonyl (C=O) groups is 1. The van der Waals surface area contributed by atoms with Gasteiger partial charge >= 0.3 is 0 Å². The molecule has 7 nitrogen and oxygen atoms in total. The zero-order chi connectivity index (χ0) is 25.3. The summed E-state index contributed by atoms with van der Waals surface area (Å²) in [6.45, 7) is 14.2. The first kappa shape index (κ1) is 26.2. The van der Waals surface area contributed by atoms with Gasteiger partial charge in [0.05, 0.1) is 5.92 Å². The maximum atomic E-state index is 13.6. The number of aryl methyl sites for hydroxylation is 4. The molecule has 1 unspecified atom stereocenters. The van der Waals surface area contributed by atoms with Gasteiger partial charge in [-0.1, -0.05) is 35.9 Å². The zero-order valence-electron chi connectivity index (χ0n) is 21.4. The van der Waals surface area contributed by atoms with Crippen molar-refractivity contribution in [3.05, 3.63) is 45.8 Å². The van der Waals surface area contributed by atoms with Gasteiger partial charge in [-0.05, 0) is 83.6 Å². The molecule has 1 fully saturated rings. The van der Waals surface area contributed by atoms with Gasteiger partial charge in [-0.3, -0.25) is 4.79 Å². The summed E-state index contributed by atoms with van der Waals surface area (Å²) in [5.74, 6) is -0.277. The molecular weight excluding hydrogens is 450 g/mol. The summed E-state index contributed by atoms with van der Waals surface area (Å²) in [5.41, 5.74) is 4.40. The average Bonchev–Trinajstić information content (AvgIpc) is 3.14. The number of nitrogens with one attached hydrogen (secondary N) is 1. The van der Waals surface area contributed by atoms with E-state index in [9.17, 15) is 13.2 Å². The van der Waals surface area contributed by atoms with Crippen LogP contribution in [0.5, 0.6) is 0 Å². The smallest absolute Gasteiger partial charge is 0.248 e. The Balaban J connectivity index is 1.88. The fourth-order valence-corrected chi connectivity index (χ4v) is 6.21. The number of aromatic nitrogens is 1. The second kappa shape index (κ2) is 10.0. The van der Waals surface area contributed by atoms with E-state index in [2.05, 4.69) is 22.6 Å². The van der Waals surface area contributed by atoms with Gasteiger partial charge in [-0.25, -0.2) is 8.42 Å². The van der Waals surface area contributed by atoms with Crippen molar-refractivity contribution in [2.75, 3.05) is 13.1 Å². The molecular formula is C26H37N3O4S. The van der Waals surface area contributed by atoms with Gasteiger partial charge in [0.2, 0.25) is 15.9 Å². The molecule has 1 atom stereocenters. The van der Waals surface area contributed by atoms with Crippen molar-refractivity contribution >= 4 is 28.1 Å². The predicted octanol–water partition coefficient (Wildman–Crippen LogP) is 4.78. The van der Waals surface area contributed by atoms with Gasteiger partial charge in [0, 0.05) is 18.6 Å². The molecule has 186 valence electrons. The van der Waals surface area contributed by atoms with Crippen molar-refractivity contribution in [2.45, 2.75) is 78.2 Å². The molecule has 1 aromatic carbocycles. The van der Waals surface area contributed by atoms with E-state index in [-0.39, 0.29) is 34.6 Å². The van der Waals surface area contributed by atoms with Crippen LogP contribution in [0.4, 0.5) is 0 Å². The van der Waals surface area contributed by atoms with Crippen LogP contribution < -0.4 is 5.32 Å². The van der Waals surface area contributed by atoms with Gasteiger partial charge in [-0.15, -0.1) is 0 Å². The number of nitrogens with zero attached hydrogens (tertiary/aromatic N) is 2. The highest BCUT2D eigenvalue weighted by atomic mass is 32.2. The van der Waals surface area contributed by atoms with Crippen LogP contribution in [-0.4, -0.2) is 42.4 Å². The number of sulfonamides is 1. The molecule has 1 N–H and O–H groups in total. The third-order valence-corrected chi connectivity index (χ3v) is 8.69. The maximum Gasteiger partial charge on any atom is 0.248 e. The Labute approximate surface area is 203 Å². The van der Waals surface area contributed by atoms with Crippen LogP contribution in [0.3, 0.4) is 0 Å². The Bertz CT molecular complexity index is 1170. The number of hydrogen-bond donors (Lipinski definition) is 1. The average molecular weight is 488 g/mol. The molecule has 2 aromatic rings. The highest BCUT2D eigenvalue weighted by molar-refractivity contribution is 7.89. The van der Waals surface area contributed by atoms with Crippen LogP contribution in [0.2, 0.25) is 0 Å². The molecule has 0 radical (unpaired) electrons. The number of amides is 1. The summed E-state index contributed by atoms with van der Waals surface area (Å²) in [6.07, 6.45) is 5.64. The Morgan fingerprint density at radius 2 is 1.85 bits per heavy atom. The molecule has 1 amide bonds. The summed E-state index contributed by atoms with van der Waals surface area (Å²) in [6, 6.07) is 4.18. The van der Waals surface area contributed by atoms with Crippen LogP contribution >= 0.6 is 0 Å².